The van der Waals surface area contributed by atoms with Gasteiger partial charge in [0.15, 0.2) is 0 Å². The Morgan fingerprint density at radius 1 is 1.38 bits per heavy atom. The van der Waals surface area contributed by atoms with Gasteiger partial charge in [-0.25, -0.2) is 0 Å². The zero-order valence-electron chi connectivity index (χ0n) is 6.62. The summed E-state index contributed by atoms with van der Waals surface area (Å²) in [5.74, 6) is 0. The molecule has 0 rings (SSSR count). The van der Waals surface area contributed by atoms with E-state index in [2.05, 4.69) is 20.0 Å². The molecular weight excluding hydrogens is 139 g/mol. The van der Waals surface area contributed by atoms with Crippen LogP contribution in [0.4, 0.5) is 0 Å². The van der Waals surface area contributed by atoms with Crippen LogP contribution in [-0.4, -0.2) is 48.4 Å². The SMILES string of the molecule is CCCC[Si](C)(C)[K]. The molecule has 0 unspecified atom stereocenters. The maximum absolute atomic E-state index is 2.52. The Morgan fingerprint density at radius 3 is 2.00 bits per heavy atom. The molecule has 0 amide bonds. The van der Waals surface area contributed by atoms with Crippen molar-refractivity contribution in [2.75, 3.05) is 0 Å². The van der Waals surface area contributed by atoms with E-state index in [0.29, 0.717) is 0 Å². The van der Waals surface area contributed by atoms with Gasteiger partial charge in [-0.15, -0.1) is 0 Å². The summed E-state index contributed by atoms with van der Waals surface area (Å²) in [7, 11) is 0. The Kier molecular flexibility index (Phi) is 5.71. The van der Waals surface area contributed by atoms with Gasteiger partial charge in [0.25, 0.3) is 0 Å². The molecule has 0 aliphatic carbocycles. The Labute approximate surface area is 85.7 Å². The van der Waals surface area contributed by atoms with Crippen molar-refractivity contribution in [1.29, 1.82) is 0 Å². The molecular formula is C6H15KSi. The van der Waals surface area contributed by atoms with E-state index < -0.39 is 0.755 Å². The first-order valence-corrected chi connectivity index (χ1v) is 12.0. The van der Waals surface area contributed by atoms with Gasteiger partial charge in [-0.2, -0.15) is 0 Å². The molecule has 0 fully saturated rings. The van der Waals surface area contributed by atoms with Crippen LogP contribution in [0.2, 0.25) is 19.1 Å². The van der Waals surface area contributed by atoms with Gasteiger partial charge < -0.3 is 0 Å². The van der Waals surface area contributed by atoms with Crippen molar-refractivity contribution in [1.82, 2.24) is 0 Å². The summed E-state index contributed by atoms with van der Waals surface area (Å²) in [6, 6.07) is 1.59. The molecule has 0 saturated heterocycles. The Bertz CT molecular complexity index is 56.0. The van der Waals surface area contributed by atoms with E-state index in [1.54, 1.807) is 6.04 Å². The monoisotopic (exact) mass is 154 g/mol. The summed E-state index contributed by atoms with van der Waals surface area (Å²) in [4.78, 5) is 0. The second-order valence-corrected chi connectivity index (χ2v) is 22.0. The molecule has 0 spiro atoms. The van der Waals surface area contributed by atoms with Gasteiger partial charge >= 0.3 is 87.3 Å². The molecule has 8 heavy (non-hydrogen) atoms. The third-order valence-electron chi connectivity index (χ3n) is 1.28. The molecule has 0 atom stereocenters. The van der Waals surface area contributed by atoms with Gasteiger partial charge in [0.1, 0.15) is 0 Å². The summed E-state index contributed by atoms with van der Waals surface area (Å²) >= 11 is 1.15. The molecule has 2 heteroatoms. The summed E-state index contributed by atoms with van der Waals surface area (Å²) in [5.41, 5.74) is 0. The van der Waals surface area contributed by atoms with Crippen LogP contribution in [-0.2, 0) is 0 Å². The van der Waals surface area contributed by atoms with Gasteiger partial charge in [0, 0.05) is 0 Å². The molecule has 0 bridgehead atoms. The molecule has 0 aromatic rings. The van der Waals surface area contributed by atoms with Crippen molar-refractivity contribution in [2.45, 2.75) is 38.9 Å². The Balaban J connectivity index is 3.11. The molecule has 0 aromatic heterocycles. The van der Waals surface area contributed by atoms with Gasteiger partial charge in [0.2, 0.25) is 0 Å². The molecule has 0 aromatic carbocycles. The zero-order valence-corrected chi connectivity index (χ0v) is 10.7. The Morgan fingerprint density at radius 2 is 1.88 bits per heavy atom. The van der Waals surface area contributed by atoms with Crippen LogP contribution in [0.1, 0.15) is 19.8 Å². The first kappa shape index (κ1) is 9.85. The topological polar surface area (TPSA) is 0 Å². The summed E-state index contributed by atoms with van der Waals surface area (Å²) in [6.07, 6.45) is 2.88. The van der Waals surface area contributed by atoms with Gasteiger partial charge in [-0.05, 0) is 0 Å². The van der Waals surface area contributed by atoms with Gasteiger partial charge in [-0.3, -0.25) is 0 Å². The van der Waals surface area contributed by atoms with E-state index in [9.17, 15) is 0 Å². The average molecular weight is 154 g/mol. The quantitative estimate of drug-likeness (QED) is 0.547. The van der Waals surface area contributed by atoms with Crippen LogP contribution in [0, 0.1) is 0 Å². The standard InChI is InChI=1S/C6H15Si.K/c1-4-5-6-7(2)3;/h4-6H2,1-3H3;. The van der Waals surface area contributed by atoms with Crippen molar-refractivity contribution >= 4 is 48.4 Å². The fourth-order valence-electron chi connectivity index (χ4n) is 0.707. The molecule has 0 aliphatic rings. The molecule has 0 saturated carbocycles. The maximum atomic E-state index is 2.52. The first-order chi connectivity index (χ1) is 3.56. The van der Waals surface area contributed by atoms with Gasteiger partial charge in [-0.1, -0.05) is 0 Å². The van der Waals surface area contributed by atoms with Crippen molar-refractivity contribution in [3.8, 4) is 0 Å². The average Bonchev–Trinajstić information content (AvgIpc) is 1.59. The van der Waals surface area contributed by atoms with E-state index in [4.69, 9.17) is 0 Å². The van der Waals surface area contributed by atoms with Crippen LogP contribution in [0.15, 0.2) is 0 Å². The summed E-state index contributed by atoms with van der Waals surface area (Å²) < 4.78 is -0.491. The van der Waals surface area contributed by atoms with Gasteiger partial charge in [0.05, 0.1) is 0 Å². The third kappa shape index (κ3) is 7.85. The van der Waals surface area contributed by atoms with E-state index in [0.717, 1.165) is 47.7 Å². The summed E-state index contributed by atoms with van der Waals surface area (Å²) in [6.45, 7) is 7.32. The van der Waals surface area contributed by atoms with E-state index in [-0.39, 0.29) is 0 Å². The van der Waals surface area contributed by atoms with Crippen LogP contribution < -0.4 is 0 Å². The molecule has 0 N–H and O–H groups in total. The number of rotatable bonds is 3. The number of hydrogen-bond donors (Lipinski definition) is 0. The second kappa shape index (κ2) is 4.64. The fourth-order valence-corrected chi connectivity index (χ4v) is 3.78. The minimum absolute atomic E-state index is 0.491. The molecule has 0 radical (unpaired) electrons. The number of hydrogen-bond acceptors (Lipinski definition) is 0. The molecule has 0 heterocycles. The van der Waals surface area contributed by atoms with Crippen molar-refractivity contribution < 1.29 is 0 Å². The zero-order chi connectivity index (χ0) is 6.62. The van der Waals surface area contributed by atoms with Crippen molar-refractivity contribution in [3.05, 3.63) is 0 Å². The number of unbranched alkanes of at least 4 members (excludes halogenated alkanes) is 1. The van der Waals surface area contributed by atoms with E-state index >= 15 is 0 Å². The fraction of sp³-hybridized carbons (Fsp3) is 1.00. The van der Waals surface area contributed by atoms with Crippen LogP contribution in [0.5, 0.6) is 0 Å². The molecule has 0 nitrogen and oxygen atoms in total. The van der Waals surface area contributed by atoms with E-state index in [1.807, 2.05) is 0 Å². The van der Waals surface area contributed by atoms with Crippen molar-refractivity contribution in [2.24, 2.45) is 0 Å². The second-order valence-electron chi connectivity index (χ2n) is 3.66. The van der Waals surface area contributed by atoms with E-state index in [1.165, 1.54) is 12.8 Å². The first-order valence-electron chi connectivity index (χ1n) is 3.56. The molecule has 0 aliphatic heterocycles. The van der Waals surface area contributed by atoms with Crippen molar-refractivity contribution in [3.63, 3.8) is 0 Å². The normalized spacial score (nSPS) is 12.1. The predicted octanol–water partition coefficient (Wildman–Crippen LogP) is 2.16. The van der Waals surface area contributed by atoms with Crippen LogP contribution >= 0.6 is 0 Å². The minimum atomic E-state index is -0.491. The third-order valence-corrected chi connectivity index (χ3v) is 5.48. The van der Waals surface area contributed by atoms with Crippen LogP contribution in [0.3, 0.4) is 0 Å². The Hall–Kier alpha value is 1.85. The summed E-state index contributed by atoms with van der Waals surface area (Å²) in [5, 5.41) is 0. The molecule has 44 valence electrons. The predicted molar refractivity (Wildman–Crippen MR) is 43.0 cm³/mol. The van der Waals surface area contributed by atoms with Crippen LogP contribution in [0.25, 0.3) is 0 Å².